The van der Waals surface area contributed by atoms with Crippen LogP contribution in [-0.4, -0.2) is 56.5 Å². The van der Waals surface area contributed by atoms with Gasteiger partial charge in [0, 0.05) is 30.2 Å². The summed E-state index contributed by atoms with van der Waals surface area (Å²) in [7, 11) is -3.26. The van der Waals surface area contributed by atoms with Gasteiger partial charge in [0.25, 0.3) is 0 Å². The maximum atomic E-state index is 12.9. The Bertz CT molecular complexity index is 1060. The van der Waals surface area contributed by atoms with Gasteiger partial charge in [0.2, 0.25) is 21.8 Å². The molecule has 8 nitrogen and oxygen atoms in total. The molecule has 0 saturated carbocycles. The van der Waals surface area contributed by atoms with E-state index >= 15 is 0 Å². The van der Waals surface area contributed by atoms with Crippen LogP contribution >= 0.6 is 0 Å². The van der Waals surface area contributed by atoms with Crippen molar-refractivity contribution in [1.29, 1.82) is 0 Å². The first-order valence-corrected chi connectivity index (χ1v) is 11.6. The number of rotatable bonds is 5. The predicted molar refractivity (Wildman–Crippen MR) is 111 cm³/mol. The number of nitrogens with zero attached hydrogens (tertiary/aromatic N) is 1. The quantitative estimate of drug-likeness (QED) is 0.709. The second kappa shape index (κ2) is 7.24. The van der Waals surface area contributed by atoms with Crippen molar-refractivity contribution in [3.05, 3.63) is 58.9 Å². The summed E-state index contributed by atoms with van der Waals surface area (Å²) in [4.78, 5) is 25.3. The second-order valence-electron chi connectivity index (χ2n) is 8.35. The van der Waals surface area contributed by atoms with E-state index in [1.54, 1.807) is 13.0 Å². The summed E-state index contributed by atoms with van der Waals surface area (Å²) < 4.78 is 30.3. The lowest BCUT2D eigenvalue weighted by molar-refractivity contribution is -0.127. The van der Waals surface area contributed by atoms with E-state index in [0.717, 1.165) is 17.4 Å². The zero-order valence-corrected chi connectivity index (χ0v) is 17.7. The molecule has 1 aromatic rings. The molecule has 2 heterocycles. The van der Waals surface area contributed by atoms with Crippen LogP contribution in [0.25, 0.3) is 0 Å². The van der Waals surface area contributed by atoms with E-state index in [1.807, 2.05) is 30.3 Å². The van der Waals surface area contributed by atoms with Crippen LogP contribution in [0.2, 0.25) is 0 Å². The number of nitrogens with one attached hydrogen (secondary N) is 1. The summed E-state index contributed by atoms with van der Waals surface area (Å²) in [6, 6.07) is 9.52. The highest BCUT2D eigenvalue weighted by Gasteiger charge is 2.48. The molecule has 2 unspecified atom stereocenters. The number of allylic oxidation sites excluding steroid dienone is 1. The van der Waals surface area contributed by atoms with Gasteiger partial charge in [0.15, 0.2) is 0 Å². The highest BCUT2D eigenvalue weighted by Crippen LogP contribution is 2.49. The number of hydrogen-bond donors (Lipinski definition) is 2. The number of nitrogens with two attached hydrogens (primary N) is 1. The lowest BCUT2D eigenvalue weighted by Gasteiger charge is -2.38. The van der Waals surface area contributed by atoms with Crippen LogP contribution in [0, 0.1) is 5.41 Å². The van der Waals surface area contributed by atoms with Crippen LogP contribution in [-0.2, 0) is 24.3 Å². The second-order valence-corrected chi connectivity index (χ2v) is 10.3. The van der Waals surface area contributed by atoms with Crippen LogP contribution in [0.4, 0.5) is 0 Å². The van der Waals surface area contributed by atoms with Gasteiger partial charge in [-0.25, -0.2) is 8.42 Å². The Kier molecular flexibility index (Phi) is 4.98. The molecule has 4 rings (SSSR count). The van der Waals surface area contributed by atoms with E-state index < -0.39 is 21.3 Å². The molecule has 2 aliphatic heterocycles. The number of hydrogen-bond acceptors (Lipinski definition) is 5. The Labute approximate surface area is 175 Å². The zero-order valence-electron chi connectivity index (χ0n) is 16.9. The Morgan fingerprint density at radius 1 is 1.23 bits per heavy atom. The van der Waals surface area contributed by atoms with Crippen LogP contribution in [0.5, 0.6) is 0 Å². The minimum absolute atomic E-state index is 0.0904. The van der Waals surface area contributed by atoms with Gasteiger partial charge in [0.05, 0.1) is 18.9 Å². The lowest BCUT2D eigenvalue weighted by Crippen LogP contribution is -2.60. The Morgan fingerprint density at radius 3 is 2.50 bits per heavy atom. The van der Waals surface area contributed by atoms with Crippen molar-refractivity contribution in [2.45, 2.75) is 25.3 Å². The van der Waals surface area contributed by atoms with E-state index in [2.05, 4.69) is 5.32 Å². The van der Waals surface area contributed by atoms with E-state index in [4.69, 9.17) is 10.5 Å². The van der Waals surface area contributed by atoms with Crippen molar-refractivity contribution < 1.29 is 22.7 Å². The molecule has 160 valence electrons. The van der Waals surface area contributed by atoms with E-state index in [-0.39, 0.29) is 37.4 Å². The number of carbonyl (C=O) groups is 2. The number of benzene rings is 1. The van der Waals surface area contributed by atoms with Crippen molar-refractivity contribution in [2.75, 3.05) is 26.0 Å². The summed E-state index contributed by atoms with van der Waals surface area (Å²) in [5.41, 5.74) is 6.89. The molecular formula is C21H25N3O5S. The summed E-state index contributed by atoms with van der Waals surface area (Å²) in [6.45, 7) is 2.57. The minimum atomic E-state index is -3.26. The largest absolute Gasteiger partial charge is 0.495 e. The van der Waals surface area contributed by atoms with Crippen LogP contribution in [0.15, 0.2) is 53.3 Å². The fraction of sp³-hybridized carbons (Fsp3) is 0.429. The van der Waals surface area contributed by atoms with Gasteiger partial charge in [-0.05, 0) is 25.0 Å². The van der Waals surface area contributed by atoms with Crippen molar-refractivity contribution in [3.8, 4) is 0 Å². The number of carbonyl (C=O) groups excluding carboxylic acids is 2. The average Bonchev–Trinajstić information content (AvgIpc) is 3.08. The molecule has 1 aromatic carbocycles. The molecule has 1 fully saturated rings. The first-order chi connectivity index (χ1) is 14.1. The molecule has 1 aliphatic carbocycles. The van der Waals surface area contributed by atoms with Crippen molar-refractivity contribution in [1.82, 2.24) is 9.62 Å². The summed E-state index contributed by atoms with van der Waals surface area (Å²) in [5.74, 6) is -0.417. The van der Waals surface area contributed by atoms with Crippen LogP contribution < -0.4 is 11.1 Å². The molecule has 0 aromatic heterocycles. The monoisotopic (exact) mass is 431 g/mol. The van der Waals surface area contributed by atoms with E-state index in [9.17, 15) is 18.0 Å². The smallest absolute Gasteiger partial charge is 0.247 e. The topological polar surface area (TPSA) is 119 Å². The normalized spacial score (nSPS) is 27.0. The molecule has 9 heteroatoms. The third-order valence-electron chi connectivity index (χ3n) is 6.10. The molecule has 0 radical (unpaired) electrons. The minimum Gasteiger partial charge on any atom is -0.495 e. The highest BCUT2D eigenvalue weighted by molar-refractivity contribution is 7.88. The van der Waals surface area contributed by atoms with Crippen LogP contribution in [0.1, 0.15) is 24.8 Å². The van der Waals surface area contributed by atoms with Gasteiger partial charge in [-0.2, -0.15) is 4.31 Å². The summed E-state index contributed by atoms with van der Waals surface area (Å²) in [5, 5.41) is 2.87. The lowest BCUT2D eigenvalue weighted by atomic mass is 9.73. The molecule has 30 heavy (non-hydrogen) atoms. The molecule has 3 aliphatic rings. The molecule has 1 saturated heterocycles. The van der Waals surface area contributed by atoms with Crippen molar-refractivity contribution in [2.24, 2.45) is 11.1 Å². The number of ether oxygens (including phenoxy) is 1. The third-order valence-corrected chi connectivity index (χ3v) is 7.33. The molecule has 0 spiro atoms. The fourth-order valence-corrected chi connectivity index (χ4v) is 5.13. The number of primary amides is 1. The Hall–Kier alpha value is -2.65. The number of sulfonamides is 1. The standard InChI is InChI=1S/C21H25N3O5S/c1-21(20(22)26)9-14(19(25)23-15-10-24(11-15)30(2,27)28)8-16-17(12-29-18(16)21)13-6-4-3-5-7-13/h3-8,15,17H,9-12H2,1-2H3,(H2,22,26)(H,23,25). The third kappa shape index (κ3) is 3.52. The molecule has 2 amide bonds. The van der Waals surface area contributed by atoms with Gasteiger partial charge >= 0.3 is 0 Å². The van der Waals surface area contributed by atoms with Gasteiger partial charge in [-0.15, -0.1) is 0 Å². The first-order valence-electron chi connectivity index (χ1n) is 9.78. The predicted octanol–water partition coefficient (Wildman–Crippen LogP) is 0.636. The SMILES string of the molecule is CC1(C(N)=O)CC(C(=O)NC2CN(S(C)(=O)=O)C2)=CC2=C1OCC2c1ccccc1. The molecule has 0 bridgehead atoms. The summed E-state index contributed by atoms with van der Waals surface area (Å²) in [6.07, 6.45) is 3.08. The number of amides is 2. The van der Waals surface area contributed by atoms with Gasteiger partial charge in [0.1, 0.15) is 11.2 Å². The maximum Gasteiger partial charge on any atom is 0.247 e. The average molecular weight is 432 g/mol. The molecule has 2 atom stereocenters. The zero-order chi connectivity index (χ0) is 21.7. The Morgan fingerprint density at radius 2 is 1.90 bits per heavy atom. The van der Waals surface area contributed by atoms with E-state index in [0.29, 0.717) is 17.9 Å². The van der Waals surface area contributed by atoms with Crippen molar-refractivity contribution >= 4 is 21.8 Å². The van der Waals surface area contributed by atoms with Gasteiger partial charge in [-0.3, -0.25) is 9.59 Å². The summed E-state index contributed by atoms with van der Waals surface area (Å²) >= 11 is 0. The molecule has 3 N–H and O–H groups in total. The van der Waals surface area contributed by atoms with Crippen molar-refractivity contribution in [3.63, 3.8) is 0 Å². The highest BCUT2D eigenvalue weighted by atomic mass is 32.2. The van der Waals surface area contributed by atoms with Gasteiger partial charge in [-0.1, -0.05) is 30.3 Å². The van der Waals surface area contributed by atoms with Gasteiger partial charge < -0.3 is 15.8 Å². The molecular weight excluding hydrogens is 406 g/mol. The fourth-order valence-electron chi connectivity index (χ4n) is 4.23. The first kappa shape index (κ1) is 20.6. The van der Waals surface area contributed by atoms with Crippen LogP contribution in [0.3, 0.4) is 0 Å². The maximum absolute atomic E-state index is 12.9. The van der Waals surface area contributed by atoms with E-state index in [1.165, 1.54) is 4.31 Å². The Balaban J connectivity index is 1.60.